The number of aromatic amines is 1. The van der Waals surface area contributed by atoms with Gasteiger partial charge >= 0.3 is 5.97 Å². The molecular weight excluding hydrogens is 478 g/mol. The smallest absolute Gasteiger partial charge is 0.326 e. The van der Waals surface area contributed by atoms with E-state index in [0.717, 1.165) is 22.0 Å². The summed E-state index contributed by atoms with van der Waals surface area (Å²) in [6.45, 7) is 0.870. The number of nitrogens with two attached hydrogens (primary N) is 1. The van der Waals surface area contributed by atoms with Crippen molar-refractivity contribution in [1.82, 2.24) is 20.9 Å². The molecule has 0 aliphatic heterocycles. The molecular formula is C26H31N5O6. The van der Waals surface area contributed by atoms with Crippen LogP contribution >= 0.6 is 0 Å². The monoisotopic (exact) mass is 509 g/mol. The highest BCUT2D eigenvalue weighted by atomic mass is 16.4. The van der Waals surface area contributed by atoms with E-state index in [1.165, 1.54) is 6.92 Å². The van der Waals surface area contributed by atoms with Gasteiger partial charge in [0.05, 0.1) is 12.6 Å². The molecule has 1 aromatic heterocycles. The van der Waals surface area contributed by atoms with E-state index < -0.39 is 54.5 Å². The third kappa shape index (κ3) is 7.63. The molecule has 3 amide bonds. The molecule has 3 aromatic rings. The van der Waals surface area contributed by atoms with Gasteiger partial charge in [-0.15, -0.1) is 0 Å². The van der Waals surface area contributed by atoms with Gasteiger partial charge in [0.2, 0.25) is 17.7 Å². The summed E-state index contributed by atoms with van der Waals surface area (Å²) < 4.78 is 0. The highest BCUT2D eigenvalue weighted by molar-refractivity contribution is 5.93. The molecule has 0 spiro atoms. The molecule has 2 aromatic carbocycles. The number of amides is 3. The van der Waals surface area contributed by atoms with Crippen molar-refractivity contribution < 1.29 is 29.4 Å². The van der Waals surface area contributed by atoms with Gasteiger partial charge in [-0.3, -0.25) is 14.4 Å². The molecule has 37 heavy (non-hydrogen) atoms. The average Bonchev–Trinajstić information content (AvgIpc) is 3.29. The summed E-state index contributed by atoms with van der Waals surface area (Å²) in [6, 6.07) is 12.8. The summed E-state index contributed by atoms with van der Waals surface area (Å²) >= 11 is 0. The van der Waals surface area contributed by atoms with Crippen molar-refractivity contribution in [2.75, 3.05) is 6.54 Å². The molecule has 0 bridgehead atoms. The van der Waals surface area contributed by atoms with Crippen molar-refractivity contribution in [3.8, 4) is 0 Å². The number of benzene rings is 2. The summed E-state index contributed by atoms with van der Waals surface area (Å²) in [7, 11) is 0. The van der Waals surface area contributed by atoms with Crippen LogP contribution in [0.15, 0.2) is 60.8 Å². The summed E-state index contributed by atoms with van der Waals surface area (Å²) in [5.41, 5.74) is 7.87. The van der Waals surface area contributed by atoms with Crippen LogP contribution in [0, 0.1) is 0 Å². The van der Waals surface area contributed by atoms with Crippen LogP contribution in [-0.2, 0) is 32.0 Å². The zero-order chi connectivity index (χ0) is 26.9. The molecule has 8 N–H and O–H groups in total. The van der Waals surface area contributed by atoms with Crippen LogP contribution in [0.3, 0.4) is 0 Å². The number of aliphatic hydroxyl groups excluding tert-OH is 1. The standard InChI is InChI=1S/C26H31N5O6/c1-15(32)23(27)25(35)29-14-22(33)30-20(11-16-7-3-2-4-8-16)24(34)31-21(26(36)37)12-17-13-28-19-10-6-5-9-18(17)19/h2-10,13,15,20-21,23,28,32H,11-12,14,27H2,1H3,(H,29,35)(H,30,33)(H,31,34)(H,36,37). The SMILES string of the molecule is CC(O)C(N)C(=O)NCC(=O)NC(Cc1ccccc1)C(=O)NC(Cc1c[nH]c2ccccc12)C(=O)O. The molecule has 11 nitrogen and oxygen atoms in total. The zero-order valence-corrected chi connectivity index (χ0v) is 20.3. The quantitative estimate of drug-likeness (QED) is 0.177. The second kappa shape index (κ2) is 12.7. The number of para-hydroxylation sites is 1. The first-order valence-corrected chi connectivity index (χ1v) is 11.8. The second-order valence-electron chi connectivity index (χ2n) is 8.76. The van der Waals surface area contributed by atoms with Gasteiger partial charge in [-0.05, 0) is 24.1 Å². The third-order valence-electron chi connectivity index (χ3n) is 5.89. The van der Waals surface area contributed by atoms with E-state index in [0.29, 0.717) is 0 Å². The predicted molar refractivity (Wildman–Crippen MR) is 136 cm³/mol. The lowest BCUT2D eigenvalue weighted by Crippen LogP contribution is -2.55. The maximum Gasteiger partial charge on any atom is 0.326 e. The van der Waals surface area contributed by atoms with Crippen molar-refractivity contribution in [3.63, 3.8) is 0 Å². The Morgan fingerprint density at radius 3 is 2.27 bits per heavy atom. The molecule has 3 rings (SSSR count). The largest absolute Gasteiger partial charge is 0.480 e. The van der Waals surface area contributed by atoms with Gasteiger partial charge in [-0.25, -0.2) is 4.79 Å². The maximum atomic E-state index is 13.2. The van der Waals surface area contributed by atoms with Gasteiger partial charge < -0.3 is 36.9 Å². The van der Waals surface area contributed by atoms with Gasteiger partial charge in [0.15, 0.2) is 0 Å². The fourth-order valence-electron chi connectivity index (χ4n) is 3.80. The van der Waals surface area contributed by atoms with Crippen LogP contribution in [0.5, 0.6) is 0 Å². The Balaban J connectivity index is 1.71. The van der Waals surface area contributed by atoms with Crippen LogP contribution in [0.25, 0.3) is 10.9 Å². The molecule has 11 heteroatoms. The Labute approximate surface area is 213 Å². The fourth-order valence-corrected chi connectivity index (χ4v) is 3.80. The molecule has 0 aliphatic carbocycles. The Morgan fingerprint density at radius 1 is 0.919 bits per heavy atom. The molecule has 4 unspecified atom stereocenters. The number of hydrogen-bond acceptors (Lipinski definition) is 6. The molecule has 0 saturated carbocycles. The minimum Gasteiger partial charge on any atom is -0.480 e. The number of aromatic nitrogens is 1. The maximum absolute atomic E-state index is 13.2. The summed E-state index contributed by atoms with van der Waals surface area (Å²) in [5.74, 6) is -3.30. The summed E-state index contributed by atoms with van der Waals surface area (Å²) in [4.78, 5) is 52.8. The molecule has 4 atom stereocenters. The highest BCUT2D eigenvalue weighted by Crippen LogP contribution is 2.19. The Bertz CT molecular complexity index is 1240. The highest BCUT2D eigenvalue weighted by Gasteiger charge is 2.28. The lowest BCUT2D eigenvalue weighted by Gasteiger charge is -2.22. The Kier molecular flexibility index (Phi) is 9.36. The lowest BCUT2D eigenvalue weighted by molar-refractivity contribution is -0.142. The van der Waals surface area contributed by atoms with Gasteiger partial charge in [0.25, 0.3) is 0 Å². The lowest BCUT2D eigenvalue weighted by atomic mass is 10.0. The Morgan fingerprint density at radius 2 is 1.59 bits per heavy atom. The van der Waals surface area contributed by atoms with E-state index in [1.54, 1.807) is 36.5 Å². The molecule has 196 valence electrons. The molecule has 0 radical (unpaired) electrons. The number of H-pyrrole nitrogens is 1. The van der Waals surface area contributed by atoms with E-state index in [9.17, 15) is 29.4 Å². The average molecular weight is 510 g/mol. The van der Waals surface area contributed by atoms with Crippen molar-refractivity contribution in [2.24, 2.45) is 5.73 Å². The van der Waals surface area contributed by atoms with Crippen molar-refractivity contribution in [1.29, 1.82) is 0 Å². The minimum absolute atomic E-state index is 0.0321. The molecule has 0 saturated heterocycles. The normalized spacial score (nSPS) is 14.2. The number of nitrogens with one attached hydrogen (secondary N) is 4. The van der Waals surface area contributed by atoms with Crippen molar-refractivity contribution >= 4 is 34.6 Å². The van der Waals surface area contributed by atoms with Gasteiger partial charge in [-0.2, -0.15) is 0 Å². The van der Waals surface area contributed by atoms with Gasteiger partial charge in [0, 0.05) is 29.9 Å². The molecule has 0 fully saturated rings. The van der Waals surface area contributed by atoms with Crippen molar-refractivity contribution in [3.05, 3.63) is 71.9 Å². The van der Waals surface area contributed by atoms with E-state index in [2.05, 4.69) is 20.9 Å². The number of carbonyl (C=O) groups is 4. The van der Waals surface area contributed by atoms with Crippen LogP contribution in [-0.4, -0.2) is 69.7 Å². The van der Waals surface area contributed by atoms with E-state index in [-0.39, 0.29) is 12.8 Å². The first-order chi connectivity index (χ1) is 17.7. The Hall–Kier alpha value is -4.22. The fraction of sp³-hybridized carbons (Fsp3) is 0.308. The van der Waals surface area contributed by atoms with Gasteiger partial charge in [-0.1, -0.05) is 48.5 Å². The van der Waals surface area contributed by atoms with Gasteiger partial charge in [0.1, 0.15) is 18.1 Å². The topological polar surface area (TPSA) is 187 Å². The van der Waals surface area contributed by atoms with E-state index >= 15 is 0 Å². The summed E-state index contributed by atoms with van der Waals surface area (Å²) in [5, 5.41) is 27.5. The number of carboxylic acid groups (broad SMARTS) is 1. The number of fused-ring (bicyclic) bond motifs is 1. The van der Waals surface area contributed by atoms with E-state index in [1.807, 2.05) is 24.3 Å². The predicted octanol–water partition coefficient (Wildman–Crippen LogP) is -0.168. The first kappa shape index (κ1) is 27.4. The number of carbonyl (C=O) groups excluding carboxylic acids is 3. The summed E-state index contributed by atoms with van der Waals surface area (Å²) in [6.07, 6.45) is 0.727. The van der Waals surface area contributed by atoms with Crippen LogP contribution in [0.1, 0.15) is 18.1 Å². The number of aliphatic carboxylic acids is 1. The number of rotatable bonds is 12. The number of carboxylic acids is 1. The molecule has 0 aliphatic rings. The third-order valence-corrected chi connectivity index (χ3v) is 5.89. The zero-order valence-electron chi connectivity index (χ0n) is 20.3. The minimum atomic E-state index is -1.24. The van der Waals surface area contributed by atoms with Crippen molar-refractivity contribution in [2.45, 2.75) is 44.0 Å². The van der Waals surface area contributed by atoms with Crippen LogP contribution in [0.2, 0.25) is 0 Å². The number of hydrogen-bond donors (Lipinski definition) is 7. The first-order valence-electron chi connectivity index (χ1n) is 11.8. The van der Waals surface area contributed by atoms with E-state index in [4.69, 9.17) is 5.73 Å². The molecule has 1 heterocycles. The number of aliphatic hydroxyl groups is 1. The second-order valence-corrected chi connectivity index (χ2v) is 8.76. The van der Waals surface area contributed by atoms with Crippen LogP contribution < -0.4 is 21.7 Å². The van der Waals surface area contributed by atoms with Crippen LogP contribution in [0.4, 0.5) is 0 Å².